The predicted molar refractivity (Wildman–Crippen MR) is 66.3 cm³/mol. The van der Waals surface area contributed by atoms with Crippen molar-refractivity contribution in [3.05, 3.63) is 53.6 Å². The second-order valence-electron chi connectivity index (χ2n) is 4.12. The van der Waals surface area contributed by atoms with E-state index in [0.717, 1.165) is 4.57 Å². The first-order valence-corrected chi connectivity index (χ1v) is 5.71. The predicted octanol–water partition coefficient (Wildman–Crippen LogP) is 2.24. The molecule has 0 aliphatic rings. The Morgan fingerprint density at radius 1 is 1.19 bits per heavy atom. The molecule has 21 heavy (non-hydrogen) atoms. The van der Waals surface area contributed by atoms with Gasteiger partial charge in [0, 0.05) is 24.0 Å². The Hall–Kier alpha value is -2.77. The molecule has 1 aromatic heterocycles. The van der Waals surface area contributed by atoms with Crippen LogP contribution in [-0.4, -0.2) is 21.6 Å². The number of carbonyl (C=O) groups excluding carboxylic acids is 1. The fourth-order valence-electron chi connectivity index (χ4n) is 1.73. The molecule has 8 heteroatoms. The number of nitrogens with zero attached hydrogens (tertiary/aromatic N) is 1. The third-order valence-corrected chi connectivity index (χ3v) is 2.61. The molecule has 0 unspecified atom stereocenters. The summed E-state index contributed by atoms with van der Waals surface area (Å²) in [4.78, 5) is 22.6. The number of aliphatic carboxylic acids is 1. The van der Waals surface area contributed by atoms with Crippen LogP contribution in [0.15, 0.2) is 30.5 Å². The number of aromatic nitrogens is 1. The zero-order valence-corrected chi connectivity index (χ0v) is 10.4. The van der Waals surface area contributed by atoms with Crippen LogP contribution in [0.3, 0.4) is 0 Å². The first-order chi connectivity index (χ1) is 9.88. The molecule has 2 N–H and O–H groups in total. The van der Waals surface area contributed by atoms with E-state index in [1.54, 1.807) is 0 Å². The van der Waals surface area contributed by atoms with Gasteiger partial charge in [-0.1, -0.05) is 0 Å². The number of carbonyl (C=O) groups is 2. The largest absolute Gasteiger partial charge is 0.480 e. The smallest absolute Gasteiger partial charge is 0.323 e. The highest BCUT2D eigenvalue weighted by molar-refractivity contribution is 6.03. The van der Waals surface area contributed by atoms with Crippen molar-refractivity contribution >= 4 is 17.6 Å². The Morgan fingerprint density at radius 3 is 2.38 bits per heavy atom. The van der Waals surface area contributed by atoms with Gasteiger partial charge in [-0.2, -0.15) is 0 Å². The number of rotatable bonds is 4. The van der Waals surface area contributed by atoms with Crippen LogP contribution in [0.4, 0.5) is 18.9 Å². The highest BCUT2D eigenvalue weighted by atomic mass is 19.2. The maximum absolute atomic E-state index is 13.0. The van der Waals surface area contributed by atoms with E-state index in [1.807, 2.05) is 0 Å². The molecule has 1 aromatic carbocycles. The van der Waals surface area contributed by atoms with Gasteiger partial charge < -0.3 is 15.0 Å². The van der Waals surface area contributed by atoms with Crippen LogP contribution in [0.5, 0.6) is 0 Å². The molecule has 0 saturated heterocycles. The number of halogens is 3. The van der Waals surface area contributed by atoms with Gasteiger partial charge in [-0.15, -0.1) is 0 Å². The lowest BCUT2D eigenvalue weighted by molar-refractivity contribution is -0.137. The van der Waals surface area contributed by atoms with Crippen molar-refractivity contribution in [3.63, 3.8) is 0 Å². The van der Waals surface area contributed by atoms with Crippen molar-refractivity contribution in [1.29, 1.82) is 0 Å². The monoisotopic (exact) mass is 298 g/mol. The maximum atomic E-state index is 13.0. The number of anilines is 1. The summed E-state index contributed by atoms with van der Waals surface area (Å²) in [5.74, 6) is -6.44. The minimum Gasteiger partial charge on any atom is -0.480 e. The second-order valence-corrected chi connectivity index (χ2v) is 4.12. The summed E-state index contributed by atoms with van der Waals surface area (Å²) in [6.07, 6.45) is 1.37. The normalized spacial score (nSPS) is 10.4. The van der Waals surface area contributed by atoms with E-state index < -0.39 is 35.9 Å². The Labute approximate surface area is 116 Å². The fourth-order valence-corrected chi connectivity index (χ4v) is 1.73. The summed E-state index contributed by atoms with van der Waals surface area (Å²) in [5.41, 5.74) is -0.290. The summed E-state index contributed by atoms with van der Waals surface area (Å²) in [6.45, 7) is -0.443. The van der Waals surface area contributed by atoms with E-state index in [2.05, 4.69) is 5.32 Å². The molecule has 2 aromatic rings. The molecular weight excluding hydrogens is 289 g/mol. The standard InChI is InChI=1S/C13H9F3N2O3/c14-8-4-7(5-9(15)12(8)16)17-13(21)10-2-1-3-18(10)6-11(19)20/h1-5H,6H2,(H,17,21)(H,19,20). The molecule has 2 rings (SSSR count). The molecule has 5 nitrogen and oxygen atoms in total. The van der Waals surface area contributed by atoms with Crippen LogP contribution in [-0.2, 0) is 11.3 Å². The van der Waals surface area contributed by atoms with Gasteiger partial charge in [0.2, 0.25) is 0 Å². The van der Waals surface area contributed by atoms with Gasteiger partial charge in [0.1, 0.15) is 12.2 Å². The van der Waals surface area contributed by atoms with Gasteiger partial charge in [0.15, 0.2) is 17.5 Å². The van der Waals surface area contributed by atoms with Crippen LogP contribution in [0.25, 0.3) is 0 Å². The number of carboxylic acids is 1. The molecule has 0 atom stereocenters. The highest BCUT2D eigenvalue weighted by Crippen LogP contribution is 2.18. The first-order valence-electron chi connectivity index (χ1n) is 5.71. The number of benzene rings is 1. The third-order valence-electron chi connectivity index (χ3n) is 2.61. The van der Waals surface area contributed by atoms with Crippen LogP contribution < -0.4 is 5.32 Å². The molecule has 0 saturated carbocycles. The number of nitrogens with one attached hydrogen (secondary N) is 1. The molecular formula is C13H9F3N2O3. The Kier molecular flexibility index (Phi) is 3.97. The molecule has 110 valence electrons. The zero-order chi connectivity index (χ0) is 15.6. The van der Waals surface area contributed by atoms with Gasteiger partial charge in [-0.05, 0) is 12.1 Å². The van der Waals surface area contributed by atoms with Crippen molar-refractivity contribution in [2.45, 2.75) is 6.54 Å². The van der Waals surface area contributed by atoms with E-state index in [1.165, 1.54) is 18.3 Å². The molecule has 0 radical (unpaired) electrons. The number of amides is 1. The van der Waals surface area contributed by atoms with Crippen molar-refractivity contribution in [3.8, 4) is 0 Å². The summed E-state index contributed by atoms with van der Waals surface area (Å²) in [7, 11) is 0. The molecule has 0 aliphatic carbocycles. The summed E-state index contributed by atoms with van der Waals surface area (Å²) >= 11 is 0. The highest BCUT2D eigenvalue weighted by Gasteiger charge is 2.16. The lowest BCUT2D eigenvalue weighted by atomic mass is 10.2. The lowest BCUT2D eigenvalue weighted by Gasteiger charge is -2.08. The average Bonchev–Trinajstić information content (AvgIpc) is 2.83. The van der Waals surface area contributed by atoms with Crippen LogP contribution in [0, 0.1) is 17.5 Å². The zero-order valence-electron chi connectivity index (χ0n) is 10.4. The summed E-state index contributed by atoms with van der Waals surface area (Å²) < 4.78 is 40.0. The first kappa shape index (κ1) is 14.6. The number of hydrogen-bond donors (Lipinski definition) is 2. The van der Waals surface area contributed by atoms with Crippen molar-refractivity contribution in [1.82, 2.24) is 4.57 Å². The van der Waals surface area contributed by atoms with E-state index in [4.69, 9.17) is 5.11 Å². The van der Waals surface area contributed by atoms with Crippen molar-refractivity contribution in [2.75, 3.05) is 5.32 Å². The fraction of sp³-hybridized carbons (Fsp3) is 0.0769. The SMILES string of the molecule is O=C(O)Cn1cccc1C(=O)Nc1cc(F)c(F)c(F)c1. The minimum atomic E-state index is -1.64. The molecule has 0 fully saturated rings. The Bertz CT molecular complexity index is 689. The van der Waals surface area contributed by atoms with Gasteiger partial charge >= 0.3 is 5.97 Å². The number of carboxylic acid groups (broad SMARTS) is 1. The van der Waals surface area contributed by atoms with Crippen molar-refractivity contribution < 1.29 is 27.9 Å². The molecule has 1 amide bonds. The van der Waals surface area contributed by atoms with Gasteiger partial charge in [0.05, 0.1) is 0 Å². The molecule has 0 aliphatic heterocycles. The molecule has 0 spiro atoms. The van der Waals surface area contributed by atoms with Gasteiger partial charge in [-0.3, -0.25) is 9.59 Å². The van der Waals surface area contributed by atoms with E-state index in [9.17, 15) is 22.8 Å². The van der Waals surface area contributed by atoms with E-state index in [0.29, 0.717) is 12.1 Å². The second kappa shape index (κ2) is 5.70. The minimum absolute atomic E-state index is 0.0115. The molecule has 0 bridgehead atoms. The topological polar surface area (TPSA) is 71.3 Å². The summed E-state index contributed by atoms with van der Waals surface area (Å²) in [6, 6.07) is 4.04. The Balaban J connectivity index is 2.22. The van der Waals surface area contributed by atoms with Crippen LogP contribution >= 0.6 is 0 Å². The van der Waals surface area contributed by atoms with Crippen molar-refractivity contribution in [2.24, 2.45) is 0 Å². The lowest BCUT2D eigenvalue weighted by Crippen LogP contribution is -2.19. The third kappa shape index (κ3) is 3.22. The summed E-state index contributed by atoms with van der Waals surface area (Å²) in [5, 5.41) is 10.9. The quantitative estimate of drug-likeness (QED) is 0.850. The number of hydrogen-bond acceptors (Lipinski definition) is 2. The van der Waals surface area contributed by atoms with E-state index >= 15 is 0 Å². The maximum Gasteiger partial charge on any atom is 0.323 e. The van der Waals surface area contributed by atoms with Crippen LogP contribution in [0.2, 0.25) is 0 Å². The average molecular weight is 298 g/mol. The van der Waals surface area contributed by atoms with E-state index in [-0.39, 0.29) is 11.4 Å². The van der Waals surface area contributed by atoms with Gasteiger partial charge in [0.25, 0.3) is 5.91 Å². The molecule has 1 heterocycles. The Morgan fingerprint density at radius 2 is 1.81 bits per heavy atom. The van der Waals surface area contributed by atoms with Gasteiger partial charge in [-0.25, -0.2) is 13.2 Å². The van der Waals surface area contributed by atoms with Crippen LogP contribution in [0.1, 0.15) is 10.5 Å².